The van der Waals surface area contributed by atoms with Gasteiger partial charge in [-0.15, -0.1) is 5.10 Å². The average molecular weight is 289 g/mol. The van der Waals surface area contributed by atoms with Crippen molar-refractivity contribution in [1.82, 2.24) is 15.0 Å². The third kappa shape index (κ3) is 2.74. The van der Waals surface area contributed by atoms with Crippen molar-refractivity contribution in [3.8, 4) is 17.2 Å². The standard InChI is InChI=1S/C15H19N3O3/c1-15(2,3)14-11(9-19)16-17-18(14)10-6-7-12(20-4)13(8-10)21-5/h6-9H,1-5H3. The second-order valence-electron chi connectivity index (χ2n) is 5.64. The second kappa shape index (κ2) is 5.55. The third-order valence-corrected chi connectivity index (χ3v) is 3.13. The molecule has 0 radical (unpaired) electrons. The average Bonchev–Trinajstić information content (AvgIpc) is 2.90. The van der Waals surface area contributed by atoms with E-state index in [0.717, 1.165) is 17.7 Å². The van der Waals surface area contributed by atoms with Gasteiger partial charge in [0.15, 0.2) is 17.8 Å². The fraction of sp³-hybridized carbons (Fsp3) is 0.400. The fourth-order valence-electron chi connectivity index (χ4n) is 2.21. The molecule has 2 rings (SSSR count). The van der Waals surface area contributed by atoms with E-state index in [9.17, 15) is 4.79 Å². The van der Waals surface area contributed by atoms with E-state index in [-0.39, 0.29) is 5.41 Å². The Labute approximate surface area is 123 Å². The molecule has 2 aromatic rings. The van der Waals surface area contributed by atoms with Crippen LogP contribution in [-0.2, 0) is 5.41 Å². The number of carbonyl (C=O) groups excluding carboxylic acids is 1. The minimum absolute atomic E-state index is 0.271. The summed E-state index contributed by atoms with van der Waals surface area (Å²) in [7, 11) is 3.16. The molecule has 0 atom stereocenters. The number of benzene rings is 1. The Bertz CT molecular complexity index is 657. The summed E-state index contributed by atoms with van der Waals surface area (Å²) in [6, 6.07) is 5.44. The van der Waals surface area contributed by atoms with Crippen molar-refractivity contribution in [2.45, 2.75) is 26.2 Å². The molecule has 0 spiro atoms. The van der Waals surface area contributed by atoms with Crippen molar-refractivity contribution in [1.29, 1.82) is 0 Å². The van der Waals surface area contributed by atoms with Gasteiger partial charge >= 0.3 is 0 Å². The van der Waals surface area contributed by atoms with Gasteiger partial charge in [0.2, 0.25) is 0 Å². The Kier molecular flexibility index (Phi) is 3.97. The van der Waals surface area contributed by atoms with Crippen molar-refractivity contribution in [3.05, 3.63) is 29.6 Å². The molecule has 0 N–H and O–H groups in total. The van der Waals surface area contributed by atoms with Gasteiger partial charge in [-0.1, -0.05) is 26.0 Å². The van der Waals surface area contributed by atoms with Crippen LogP contribution in [-0.4, -0.2) is 35.5 Å². The summed E-state index contributed by atoms with van der Waals surface area (Å²) < 4.78 is 12.2. The Morgan fingerprint density at radius 1 is 1.14 bits per heavy atom. The number of nitrogens with zero attached hydrogens (tertiary/aromatic N) is 3. The molecule has 0 fully saturated rings. The number of rotatable bonds is 4. The van der Waals surface area contributed by atoms with Gasteiger partial charge in [0.25, 0.3) is 0 Å². The topological polar surface area (TPSA) is 66.2 Å². The summed E-state index contributed by atoms with van der Waals surface area (Å²) in [6.45, 7) is 6.03. The highest BCUT2D eigenvalue weighted by atomic mass is 16.5. The summed E-state index contributed by atoms with van der Waals surface area (Å²) in [5.41, 5.74) is 1.59. The molecular weight excluding hydrogens is 270 g/mol. The zero-order valence-electron chi connectivity index (χ0n) is 12.9. The quantitative estimate of drug-likeness (QED) is 0.809. The van der Waals surface area contributed by atoms with Crippen molar-refractivity contribution in [2.75, 3.05) is 14.2 Å². The van der Waals surface area contributed by atoms with E-state index >= 15 is 0 Å². The fourth-order valence-corrected chi connectivity index (χ4v) is 2.21. The Morgan fingerprint density at radius 3 is 2.33 bits per heavy atom. The van der Waals surface area contributed by atoms with Gasteiger partial charge in [-0.05, 0) is 12.1 Å². The summed E-state index contributed by atoms with van der Waals surface area (Å²) in [5, 5.41) is 8.04. The molecule has 0 aliphatic carbocycles. The van der Waals surface area contributed by atoms with Crippen LogP contribution < -0.4 is 9.47 Å². The minimum Gasteiger partial charge on any atom is -0.493 e. The highest BCUT2D eigenvalue weighted by molar-refractivity contribution is 5.74. The molecule has 0 bridgehead atoms. The molecule has 1 aromatic carbocycles. The highest BCUT2D eigenvalue weighted by Crippen LogP contribution is 2.31. The first-order valence-corrected chi connectivity index (χ1v) is 6.56. The zero-order chi connectivity index (χ0) is 15.6. The van der Waals surface area contributed by atoms with Gasteiger partial charge in [0.05, 0.1) is 25.6 Å². The maximum atomic E-state index is 11.2. The number of aromatic nitrogens is 3. The lowest BCUT2D eigenvalue weighted by atomic mass is 9.90. The first-order chi connectivity index (χ1) is 9.92. The smallest absolute Gasteiger partial charge is 0.172 e. The molecule has 0 amide bonds. The second-order valence-corrected chi connectivity index (χ2v) is 5.64. The molecule has 1 heterocycles. The molecule has 21 heavy (non-hydrogen) atoms. The van der Waals surface area contributed by atoms with Gasteiger partial charge < -0.3 is 9.47 Å². The largest absolute Gasteiger partial charge is 0.493 e. The first kappa shape index (κ1) is 15.0. The summed E-state index contributed by atoms with van der Waals surface area (Å²) in [6.07, 6.45) is 0.727. The van der Waals surface area contributed by atoms with E-state index in [0.29, 0.717) is 17.2 Å². The van der Waals surface area contributed by atoms with Gasteiger partial charge in [0.1, 0.15) is 5.69 Å². The summed E-state index contributed by atoms with van der Waals surface area (Å²) in [5.74, 6) is 1.23. The normalized spacial score (nSPS) is 11.3. The van der Waals surface area contributed by atoms with Crippen LogP contribution in [0.25, 0.3) is 5.69 Å². The molecule has 0 saturated carbocycles. The maximum Gasteiger partial charge on any atom is 0.172 e. The molecular formula is C15H19N3O3. The first-order valence-electron chi connectivity index (χ1n) is 6.56. The van der Waals surface area contributed by atoms with Crippen molar-refractivity contribution in [2.24, 2.45) is 0 Å². The molecule has 0 unspecified atom stereocenters. The van der Waals surface area contributed by atoms with Gasteiger partial charge in [-0.3, -0.25) is 4.79 Å². The van der Waals surface area contributed by atoms with Crippen molar-refractivity contribution in [3.63, 3.8) is 0 Å². The molecule has 0 saturated heterocycles. The van der Waals surface area contributed by atoms with Crippen LogP contribution >= 0.6 is 0 Å². The van der Waals surface area contributed by atoms with Crippen LogP contribution in [0.5, 0.6) is 11.5 Å². The van der Waals surface area contributed by atoms with Gasteiger partial charge in [-0.2, -0.15) is 0 Å². The molecule has 0 aliphatic heterocycles. The zero-order valence-corrected chi connectivity index (χ0v) is 12.9. The minimum atomic E-state index is -0.271. The van der Waals surface area contributed by atoms with Gasteiger partial charge in [0, 0.05) is 11.5 Å². The summed E-state index contributed by atoms with van der Waals surface area (Å²) in [4.78, 5) is 11.2. The van der Waals surface area contributed by atoms with Crippen LogP contribution in [0, 0.1) is 0 Å². The van der Waals surface area contributed by atoms with Crippen LogP contribution in [0.2, 0.25) is 0 Å². The van der Waals surface area contributed by atoms with Crippen LogP contribution in [0.1, 0.15) is 37.0 Å². The molecule has 6 heteroatoms. The van der Waals surface area contributed by atoms with Crippen LogP contribution in [0.3, 0.4) is 0 Å². The van der Waals surface area contributed by atoms with E-state index in [1.807, 2.05) is 26.8 Å². The van der Waals surface area contributed by atoms with Crippen LogP contribution in [0.4, 0.5) is 0 Å². The predicted octanol–water partition coefficient (Wildman–Crippen LogP) is 2.39. The number of methoxy groups -OCH3 is 2. The van der Waals surface area contributed by atoms with Crippen molar-refractivity contribution >= 4 is 6.29 Å². The Hall–Kier alpha value is -2.37. The molecule has 6 nitrogen and oxygen atoms in total. The van der Waals surface area contributed by atoms with E-state index in [1.165, 1.54) is 0 Å². The van der Waals surface area contributed by atoms with Crippen LogP contribution in [0.15, 0.2) is 18.2 Å². The number of carbonyl (C=O) groups is 1. The summed E-state index contributed by atoms with van der Waals surface area (Å²) >= 11 is 0. The third-order valence-electron chi connectivity index (χ3n) is 3.13. The molecule has 112 valence electrons. The number of ether oxygens (including phenoxy) is 2. The monoisotopic (exact) mass is 289 g/mol. The van der Waals surface area contributed by atoms with E-state index < -0.39 is 0 Å². The van der Waals surface area contributed by atoms with E-state index in [4.69, 9.17) is 9.47 Å². The molecule has 0 aliphatic rings. The Morgan fingerprint density at radius 2 is 1.81 bits per heavy atom. The highest BCUT2D eigenvalue weighted by Gasteiger charge is 2.26. The predicted molar refractivity (Wildman–Crippen MR) is 78.6 cm³/mol. The lowest BCUT2D eigenvalue weighted by molar-refractivity contribution is 0.111. The van der Waals surface area contributed by atoms with Gasteiger partial charge in [-0.25, -0.2) is 4.68 Å². The lowest BCUT2D eigenvalue weighted by Gasteiger charge is -2.20. The van der Waals surface area contributed by atoms with E-state index in [1.54, 1.807) is 31.0 Å². The number of aldehydes is 1. The number of hydrogen-bond donors (Lipinski definition) is 0. The lowest BCUT2D eigenvalue weighted by Crippen LogP contribution is -2.19. The number of hydrogen-bond acceptors (Lipinski definition) is 5. The SMILES string of the molecule is COc1ccc(-n2nnc(C=O)c2C(C)(C)C)cc1OC. The Balaban J connectivity index is 2.62. The van der Waals surface area contributed by atoms with E-state index in [2.05, 4.69) is 10.3 Å². The van der Waals surface area contributed by atoms with Crippen molar-refractivity contribution < 1.29 is 14.3 Å². The molecule has 1 aromatic heterocycles. The maximum absolute atomic E-state index is 11.2.